The number of aromatic hydroxyl groups is 1. The van der Waals surface area contributed by atoms with Crippen LogP contribution in [0, 0.1) is 0 Å². The first kappa shape index (κ1) is 16.1. The van der Waals surface area contributed by atoms with Crippen molar-refractivity contribution >= 4 is 17.5 Å². The molecule has 0 atom stereocenters. The molecule has 0 saturated heterocycles. The van der Waals surface area contributed by atoms with Crippen molar-refractivity contribution in [2.45, 2.75) is 5.22 Å². The van der Waals surface area contributed by atoms with Gasteiger partial charge in [-0.15, -0.1) is 10.2 Å². The predicted octanol–water partition coefficient (Wildman–Crippen LogP) is 3.43. The summed E-state index contributed by atoms with van der Waals surface area (Å²) in [5.74, 6) is 1.37. The zero-order chi connectivity index (χ0) is 16.9. The minimum atomic E-state index is -0.0352. The van der Waals surface area contributed by atoms with Crippen molar-refractivity contribution < 1.29 is 19.1 Å². The lowest BCUT2D eigenvalue weighted by Crippen LogP contribution is -2.02. The third kappa shape index (κ3) is 3.75. The van der Waals surface area contributed by atoms with Crippen LogP contribution in [0.25, 0.3) is 11.5 Å². The summed E-state index contributed by atoms with van der Waals surface area (Å²) in [7, 11) is 1.58. The number of phenols is 1. The highest BCUT2D eigenvalue weighted by molar-refractivity contribution is 7.99. The minimum absolute atomic E-state index is 0.0352. The molecule has 0 fully saturated rings. The molecule has 0 amide bonds. The van der Waals surface area contributed by atoms with Gasteiger partial charge >= 0.3 is 0 Å². The van der Waals surface area contributed by atoms with Crippen LogP contribution < -0.4 is 4.74 Å². The molecule has 3 rings (SSSR count). The number of benzene rings is 2. The number of phenolic OH excluding ortho intramolecular Hbond substituents is 1. The van der Waals surface area contributed by atoms with E-state index in [1.807, 2.05) is 0 Å². The SMILES string of the molecule is COc1ccc(C(=O)CSc2nnc(-c3ccc(O)cc3)o2)cc1. The molecule has 1 N–H and O–H groups in total. The number of carbonyl (C=O) groups excluding carboxylic acids is 1. The van der Waals surface area contributed by atoms with Gasteiger partial charge in [0.1, 0.15) is 11.5 Å². The second kappa shape index (κ2) is 7.18. The molecule has 0 aliphatic heterocycles. The number of Topliss-reactive ketones (excluding diaryl/α,β-unsaturated/α-hetero) is 1. The zero-order valence-corrected chi connectivity index (χ0v) is 13.6. The highest BCUT2D eigenvalue weighted by Gasteiger charge is 2.12. The zero-order valence-electron chi connectivity index (χ0n) is 12.8. The third-order valence-electron chi connectivity index (χ3n) is 3.26. The van der Waals surface area contributed by atoms with E-state index < -0.39 is 0 Å². The Bertz CT molecular complexity index is 829. The van der Waals surface area contributed by atoms with Crippen molar-refractivity contribution in [1.29, 1.82) is 0 Å². The van der Waals surface area contributed by atoms with E-state index in [1.165, 1.54) is 11.8 Å². The predicted molar refractivity (Wildman–Crippen MR) is 89.4 cm³/mol. The number of ether oxygens (including phenoxy) is 1. The molecule has 0 unspecified atom stereocenters. The summed E-state index contributed by atoms with van der Waals surface area (Å²) in [6, 6.07) is 13.4. The van der Waals surface area contributed by atoms with Crippen LogP contribution in [0.5, 0.6) is 11.5 Å². The maximum Gasteiger partial charge on any atom is 0.277 e. The largest absolute Gasteiger partial charge is 0.508 e. The van der Waals surface area contributed by atoms with Crippen molar-refractivity contribution in [1.82, 2.24) is 10.2 Å². The lowest BCUT2D eigenvalue weighted by Gasteiger charge is -2.01. The molecular weight excluding hydrogens is 328 g/mol. The van der Waals surface area contributed by atoms with E-state index in [2.05, 4.69) is 10.2 Å². The average molecular weight is 342 g/mol. The first-order chi connectivity index (χ1) is 11.7. The number of aromatic nitrogens is 2. The average Bonchev–Trinajstić information content (AvgIpc) is 3.09. The maximum absolute atomic E-state index is 12.2. The van der Waals surface area contributed by atoms with E-state index in [0.717, 1.165) is 0 Å². The van der Waals surface area contributed by atoms with Crippen molar-refractivity contribution in [3.8, 4) is 23.0 Å². The molecule has 0 aliphatic rings. The summed E-state index contributed by atoms with van der Waals surface area (Å²) < 4.78 is 10.6. The third-order valence-corrected chi connectivity index (χ3v) is 4.08. The summed E-state index contributed by atoms with van der Waals surface area (Å²) in [4.78, 5) is 12.2. The van der Waals surface area contributed by atoms with Crippen molar-refractivity contribution in [2.24, 2.45) is 0 Å². The Morgan fingerprint density at radius 1 is 1.12 bits per heavy atom. The van der Waals surface area contributed by atoms with Crippen LogP contribution in [-0.2, 0) is 0 Å². The van der Waals surface area contributed by atoms with Crippen molar-refractivity contribution in [2.75, 3.05) is 12.9 Å². The Balaban J connectivity index is 1.62. The van der Waals surface area contributed by atoms with Gasteiger partial charge in [-0.3, -0.25) is 4.79 Å². The summed E-state index contributed by atoms with van der Waals surface area (Å²) in [5.41, 5.74) is 1.30. The second-order valence-corrected chi connectivity index (χ2v) is 5.79. The van der Waals surface area contributed by atoms with E-state index in [-0.39, 0.29) is 17.3 Å². The normalized spacial score (nSPS) is 10.5. The Labute approximate surface area is 142 Å². The van der Waals surface area contributed by atoms with Gasteiger partial charge in [0.15, 0.2) is 5.78 Å². The quantitative estimate of drug-likeness (QED) is 0.542. The first-order valence-corrected chi connectivity index (χ1v) is 8.07. The van der Waals surface area contributed by atoms with Gasteiger partial charge in [-0.2, -0.15) is 0 Å². The van der Waals surface area contributed by atoms with E-state index in [4.69, 9.17) is 9.15 Å². The number of methoxy groups -OCH3 is 1. The Morgan fingerprint density at radius 3 is 2.50 bits per heavy atom. The van der Waals surface area contributed by atoms with Gasteiger partial charge in [-0.25, -0.2) is 0 Å². The molecule has 6 nitrogen and oxygen atoms in total. The molecule has 122 valence electrons. The van der Waals surface area contributed by atoms with Crippen LogP contribution in [-0.4, -0.2) is 33.9 Å². The Kier molecular flexibility index (Phi) is 4.81. The number of nitrogens with zero attached hydrogens (tertiary/aromatic N) is 2. The number of ketones is 1. The van der Waals surface area contributed by atoms with Gasteiger partial charge in [-0.1, -0.05) is 11.8 Å². The van der Waals surface area contributed by atoms with Crippen LogP contribution >= 0.6 is 11.8 Å². The fraction of sp³-hybridized carbons (Fsp3) is 0.118. The molecule has 0 radical (unpaired) electrons. The second-order valence-electron chi connectivity index (χ2n) is 4.86. The topological polar surface area (TPSA) is 85.5 Å². The molecule has 0 saturated carbocycles. The van der Waals surface area contributed by atoms with Crippen LogP contribution in [0.15, 0.2) is 58.2 Å². The number of thioether (sulfide) groups is 1. The van der Waals surface area contributed by atoms with E-state index >= 15 is 0 Å². The van der Waals surface area contributed by atoms with Gasteiger partial charge in [0.2, 0.25) is 5.89 Å². The van der Waals surface area contributed by atoms with Gasteiger partial charge in [0.05, 0.1) is 12.9 Å². The number of hydrogen-bond acceptors (Lipinski definition) is 7. The lowest BCUT2D eigenvalue weighted by atomic mass is 10.1. The van der Waals surface area contributed by atoms with E-state index in [9.17, 15) is 9.90 Å². The van der Waals surface area contributed by atoms with Crippen LogP contribution in [0.3, 0.4) is 0 Å². The van der Waals surface area contributed by atoms with Crippen LogP contribution in [0.4, 0.5) is 0 Å². The van der Waals surface area contributed by atoms with Gasteiger partial charge in [0.25, 0.3) is 5.22 Å². The first-order valence-electron chi connectivity index (χ1n) is 7.08. The number of rotatable bonds is 6. The smallest absolute Gasteiger partial charge is 0.277 e. The molecular formula is C17H14N2O4S. The van der Waals surface area contributed by atoms with E-state index in [0.29, 0.717) is 28.0 Å². The van der Waals surface area contributed by atoms with Gasteiger partial charge in [-0.05, 0) is 48.5 Å². The van der Waals surface area contributed by atoms with Crippen molar-refractivity contribution in [3.63, 3.8) is 0 Å². The van der Waals surface area contributed by atoms with Crippen LogP contribution in [0.2, 0.25) is 0 Å². The van der Waals surface area contributed by atoms with Crippen LogP contribution in [0.1, 0.15) is 10.4 Å². The number of hydrogen-bond donors (Lipinski definition) is 1. The maximum atomic E-state index is 12.2. The summed E-state index contributed by atoms with van der Waals surface area (Å²) in [6.07, 6.45) is 0. The molecule has 0 spiro atoms. The fourth-order valence-corrected chi connectivity index (χ4v) is 2.63. The Hall–Kier alpha value is -2.80. The van der Waals surface area contributed by atoms with E-state index in [1.54, 1.807) is 55.6 Å². The van der Waals surface area contributed by atoms with Crippen molar-refractivity contribution in [3.05, 3.63) is 54.1 Å². The molecule has 1 aromatic heterocycles. The van der Waals surface area contributed by atoms with Gasteiger partial charge < -0.3 is 14.3 Å². The molecule has 1 heterocycles. The molecule has 2 aromatic carbocycles. The standard InChI is InChI=1S/C17H14N2O4S/c1-22-14-8-4-11(5-9-14)15(21)10-24-17-19-18-16(23-17)12-2-6-13(20)7-3-12/h2-9,20H,10H2,1H3. The molecule has 3 aromatic rings. The number of carbonyl (C=O) groups is 1. The minimum Gasteiger partial charge on any atom is -0.508 e. The Morgan fingerprint density at radius 2 is 1.83 bits per heavy atom. The summed E-state index contributed by atoms with van der Waals surface area (Å²) in [6.45, 7) is 0. The van der Waals surface area contributed by atoms with Gasteiger partial charge in [0, 0.05) is 11.1 Å². The summed E-state index contributed by atoms with van der Waals surface area (Å²) in [5, 5.41) is 17.5. The fourth-order valence-electron chi connectivity index (χ4n) is 1.98. The molecule has 0 bridgehead atoms. The molecule has 7 heteroatoms. The lowest BCUT2D eigenvalue weighted by molar-refractivity contribution is 0.102. The monoisotopic (exact) mass is 342 g/mol. The molecule has 0 aliphatic carbocycles. The highest BCUT2D eigenvalue weighted by Crippen LogP contribution is 2.25. The highest BCUT2D eigenvalue weighted by atomic mass is 32.2. The summed E-state index contributed by atoms with van der Waals surface area (Å²) >= 11 is 1.18. The molecule has 24 heavy (non-hydrogen) atoms.